The third-order valence-electron chi connectivity index (χ3n) is 6.51. The molecule has 30 heavy (non-hydrogen) atoms. The van der Waals surface area contributed by atoms with Gasteiger partial charge in [0.05, 0.1) is 0 Å². The number of hydrogen-bond acceptors (Lipinski definition) is 2. The van der Waals surface area contributed by atoms with Crippen molar-refractivity contribution in [2.45, 2.75) is 24.7 Å². The van der Waals surface area contributed by atoms with Crippen LogP contribution in [0.1, 0.15) is 29.5 Å². The van der Waals surface area contributed by atoms with Gasteiger partial charge in [0.25, 0.3) is 0 Å². The van der Waals surface area contributed by atoms with Gasteiger partial charge in [0, 0.05) is 6.54 Å². The van der Waals surface area contributed by atoms with E-state index in [0.29, 0.717) is 0 Å². The Balaban J connectivity index is 1.56. The highest BCUT2D eigenvalue weighted by molar-refractivity contribution is 5.91. The molecular weight excluding hydrogens is 368 g/mol. The molecule has 1 heterocycles. The lowest BCUT2D eigenvalue weighted by Gasteiger charge is -2.37. The molecule has 0 unspecified atom stereocenters. The largest absolute Gasteiger partial charge is 0.369 e. The SMILES string of the molecule is NC(=O)C(c1ccccc1)(c1ccccc1)[C@H]1CCN(CCCc2ccccc2)C1. The van der Waals surface area contributed by atoms with Gasteiger partial charge < -0.3 is 10.6 Å². The molecule has 0 bridgehead atoms. The van der Waals surface area contributed by atoms with Gasteiger partial charge >= 0.3 is 0 Å². The van der Waals surface area contributed by atoms with E-state index in [1.807, 2.05) is 36.4 Å². The van der Waals surface area contributed by atoms with Gasteiger partial charge in [0.15, 0.2) is 0 Å². The minimum Gasteiger partial charge on any atom is -0.369 e. The van der Waals surface area contributed by atoms with Crippen LogP contribution in [0.5, 0.6) is 0 Å². The molecule has 1 saturated heterocycles. The van der Waals surface area contributed by atoms with Crippen molar-refractivity contribution in [1.29, 1.82) is 0 Å². The fourth-order valence-electron chi connectivity index (χ4n) is 5.07. The summed E-state index contributed by atoms with van der Waals surface area (Å²) in [6, 6.07) is 30.8. The van der Waals surface area contributed by atoms with Crippen molar-refractivity contribution >= 4 is 5.91 Å². The number of aryl methyl sites for hydroxylation is 1. The molecule has 0 aromatic heterocycles. The minimum atomic E-state index is -0.795. The highest BCUT2D eigenvalue weighted by Crippen LogP contribution is 2.43. The van der Waals surface area contributed by atoms with Crippen molar-refractivity contribution in [3.8, 4) is 0 Å². The number of benzene rings is 3. The molecule has 0 saturated carbocycles. The summed E-state index contributed by atoms with van der Waals surface area (Å²) in [4.78, 5) is 15.6. The molecule has 2 N–H and O–H groups in total. The highest BCUT2D eigenvalue weighted by atomic mass is 16.1. The number of nitrogens with zero attached hydrogens (tertiary/aromatic N) is 1. The van der Waals surface area contributed by atoms with Crippen LogP contribution in [-0.4, -0.2) is 30.4 Å². The smallest absolute Gasteiger partial charge is 0.232 e. The maximum absolute atomic E-state index is 13.1. The molecular formula is C27H30N2O. The minimum absolute atomic E-state index is 0.163. The van der Waals surface area contributed by atoms with Gasteiger partial charge in [-0.2, -0.15) is 0 Å². The average Bonchev–Trinajstić information content (AvgIpc) is 3.25. The number of carbonyl (C=O) groups is 1. The monoisotopic (exact) mass is 398 g/mol. The first-order valence-corrected chi connectivity index (χ1v) is 10.9. The van der Waals surface area contributed by atoms with E-state index >= 15 is 0 Å². The number of carbonyl (C=O) groups excluding carboxylic acids is 1. The van der Waals surface area contributed by atoms with E-state index in [-0.39, 0.29) is 11.8 Å². The van der Waals surface area contributed by atoms with E-state index in [2.05, 4.69) is 59.5 Å². The van der Waals surface area contributed by atoms with E-state index in [9.17, 15) is 4.79 Å². The van der Waals surface area contributed by atoms with Crippen molar-refractivity contribution in [2.75, 3.05) is 19.6 Å². The molecule has 1 fully saturated rings. The van der Waals surface area contributed by atoms with Gasteiger partial charge in [0.1, 0.15) is 5.41 Å². The Bertz CT molecular complexity index is 901. The lowest BCUT2D eigenvalue weighted by molar-refractivity contribution is -0.123. The maximum Gasteiger partial charge on any atom is 0.232 e. The maximum atomic E-state index is 13.1. The second-order valence-electron chi connectivity index (χ2n) is 8.28. The molecule has 1 aliphatic heterocycles. The van der Waals surface area contributed by atoms with Gasteiger partial charge in [-0.3, -0.25) is 4.79 Å². The number of rotatable bonds is 8. The van der Waals surface area contributed by atoms with E-state index in [1.54, 1.807) is 0 Å². The first-order valence-electron chi connectivity index (χ1n) is 10.9. The zero-order valence-electron chi connectivity index (χ0n) is 17.4. The van der Waals surface area contributed by atoms with Crippen LogP contribution in [0, 0.1) is 5.92 Å². The second kappa shape index (κ2) is 9.27. The summed E-state index contributed by atoms with van der Waals surface area (Å²) >= 11 is 0. The summed E-state index contributed by atoms with van der Waals surface area (Å²) in [5.74, 6) is -0.0902. The number of nitrogens with two attached hydrogens (primary N) is 1. The summed E-state index contributed by atoms with van der Waals surface area (Å²) in [6.07, 6.45) is 3.18. The third kappa shape index (κ3) is 4.03. The number of amides is 1. The Kier molecular flexibility index (Phi) is 6.29. The van der Waals surface area contributed by atoms with Crippen LogP contribution in [-0.2, 0) is 16.6 Å². The molecule has 3 nitrogen and oxygen atoms in total. The van der Waals surface area contributed by atoms with Gasteiger partial charge in [-0.1, -0.05) is 91.0 Å². The number of primary amides is 1. The molecule has 1 aliphatic rings. The molecule has 3 aromatic carbocycles. The van der Waals surface area contributed by atoms with Gasteiger partial charge in [-0.05, 0) is 55.0 Å². The van der Waals surface area contributed by atoms with Crippen LogP contribution in [0.15, 0.2) is 91.0 Å². The van der Waals surface area contributed by atoms with Gasteiger partial charge in [-0.15, -0.1) is 0 Å². The van der Waals surface area contributed by atoms with E-state index < -0.39 is 5.41 Å². The summed E-state index contributed by atoms with van der Waals surface area (Å²) in [5, 5.41) is 0. The topological polar surface area (TPSA) is 46.3 Å². The quantitative estimate of drug-likeness (QED) is 0.611. The van der Waals surface area contributed by atoms with Crippen LogP contribution < -0.4 is 5.73 Å². The predicted octanol–water partition coefficient (Wildman–Crippen LogP) is 4.41. The molecule has 0 spiro atoms. The summed E-state index contributed by atoms with van der Waals surface area (Å²) in [5.41, 5.74) is 8.77. The van der Waals surface area contributed by atoms with Gasteiger partial charge in [0.2, 0.25) is 5.91 Å². The van der Waals surface area contributed by atoms with Crippen LogP contribution in [0.4, 0.5) is 0 Å². The Morgan fingerprint density at radius 2 is 1.40 bits per heavy atom. The molecule has 3 aromatic rings. The predicted molar refractivity (Wildman–Crippen MR) is 122 cm³/mol. The fourth-order valence-corrected chi connectivity index (χ4v) is 5.07. The lowest BCUT2D eigenvalue weighted by atomic mass is 9.64. The Labute approximate surface area is 179 Å². The molecule has 154 valence electrons. The van der Waals surface area contributed by atoms with E-state index in [0.717, 1.165) is 50.0 Å². The first kappa shape index (κ1) is 20.4. The van der Waals surface area contributed by atoms with E-state index in [4.69, 9.17) is 5.73 Å². The molecule has 0 aliphatic carbocycles. The third-order valence-corrected chi connectivity index (χ3v) is 6.51. The van der Waals surface area contributed by atoms with Crippen LogP contribution in [0.2, 0.25) is 0 Å². The van der Waals surface area contributed by atoms with E-state index in [1.165, 1.54) is 5.56 Å². The Hall–Kier alpha value is -2.91. The van der Waals surface area contributed by atoms with Crippen molar-refractivity contribution in [1.82, 2.24) is 4.90 Å². The molecule has 1 amide bonds. The van der Waals surface area contributed by atoms with Crippen molar-refractivity contribution in [3.05, 3.63) is 108 Å². The first-order chi connectivity index (χ1) is 14.7. The normalized spacial score (nSPS) is 17.1. The molecule has 4 rings (SSSR count). The highest BCUT2D eigenvalue weighted by Gasteiger charge is 2.49. The fraction of sp³-hybridized carbons (Fsp3) is 0.296. The van der Waals surface area contributed by atoms with Crippen molar-refractivity contribution < 1.29 is 4.79 Å². The Morgan fingerprint density at radius 1 is 0.867 bits per heavy atom. The number of hydrogen-bond donors (Lipinski definition) is 1. The van der Waals surface area contributed by atoms with Crippen LogP contribution in [0.3, 0.4) is 0 Å². The molecule has 1 atom stereocenters. The van der Waals surface area contributed by atoms with Gasteiger partial charge in [-0.25, -0.2) is 0 Å². The standard InChI is InChI=1S/C27H30N2O/c28-26(30)27(23-14-6-2-7-15-23,24-16-8-3-9-17-24)25-18-20-29(21-25)19-10-13-22-11-4-1-5-12-22/h1-9,11-12,14-17,25H,10,13,18-21H2,(H2,28,30)/t25-/m0/s1. The molecule has 3 heteroatoms. The Morgan fingerprint density at radius 3 is 1.93 bits per heavy atom. The second-order valence-corrected chi connectivity index (χ2v) is 8.28. The summed E-state index contributed by atoms with van der Waals surface area (Å²) in [7, 11) is 0. The van der Waals surface area contributed by atoms with Crippen LogP contribution >= 0.6 is 0 Å². The zero-order chi connectivity index (χ0) is 20.8. The summed E-state index contributed by atoms with van der Waals surface area (Å²) < 4.78 is 0. The zero-order valence-corrected chi connectivity index (χ0v) is 17.4. The molecule has 0 radical (unpaired) electrons. The van der Waals surface area contributed by atoms with Crippen molar-refractivity contribution in [3.63, 3.8) is 0 Å². The summed E-state index contributed by atoms with van der Waals surface area (Å²) in [6.45, 7) is 2.94. The van der Waals surface area contributed by atoms with Crippen molar-refractivity contribution in [2.24, 2.45) is 11.7 Å². The number of likely N-dealkylation sites (tertiary alicyclic amines) is 1. The van der Waals surface area contributed by atoms with Crippen LogP contribution in [0.25, 0.3) is 0 Å². The average molecular weight is 399 g/mol. The lowest BCUT2D eigenvalue weighted by Crippen LogP contribution is -2.49.